The van der Waals surface area contributed by atoms with E-state index in [1.807, 2.05) is 31.2 Å². The van der Waals surface area contributed by atoms with E-state index < -0.39 is 15.9 Å². The fraction of sp³-hybridized carbons (Fsp3) is 0.471. The molecule has 0 radical (unpaired) electrons. The first-order valence-electron chi connectivity index (χ1n) is 8.28. The molecule has 2 heterocycles. The first-order chi connectivity index (χ1) is 11.9. The highest BCUT2D eigenvalue weighted by molar-refractivity contribution is 7.91. The van der Waals surface area contributed by atoms with Crippen LogP contribution in [0.1, 0.15) is 30.4 Å². The van der Waals surface area contributed by atoms with Gasteiger partial charge in [0.25, 0.3) is 5.91 Å². The number of amides is 2. The van der Waals surface area contributed by atoms with Gasteiger partial charge in [0.1, 0.15) is 5.71 Å². The maximum absolute atomic E-state index is 12.4. The summed E-state index contributed by atoms with van der Waals surface area (Å²) in [5.41, 5.74) is 2.38. The van der Waals surface area contributed by atoms with E-state index >= 15 is 0 Å². The third-order valence-corrected chi connectivity index (χ3v) is 6.33. The molecule has 25 heavy (non-hydrogen) atoms. The van der Waals surface area contributed by atoms with Crippen LogP contribution in [0.5, 0.6) is 0 Å². The molecule has 1 saturated heterocycles. The number of hydrogen-bond acceptors (Lipinski definition) is 5. The molecule has 0 aliphatic carbocycles. The van der Waals surface area contributed by atoms with Crippen LogP contribution in [0.3, 0.4) is 0 Å². The van der Waals surface area contributed by atoms with E-state index in [1.165, 1.54) is 5.01 Å². The van der Waals surface area contributed by atoms with E-state index in [0.717, 1.165) is 11.1 Å². The minimum absolute atomic E-state index is 0.0613. The number of benzene rings is 1. The summed E-state index contributed by atoms with van der Waals surface area (Å²) in [7, 11) is -3.12. The number of carbonyl (C=O) groups excluding carboxylic acids is 2. The summed E-state index contributed by atoms with van der Waals surface area (Å²) in [5.74, 6) is -0.564. The summed E-state index contributed by atoms with van der Waals surface area (Å²) in [4.78, 5) is 24.5. The average molecular weight is 363 g/mol. The molecule has 1 atom stereocenters. The minimum atomic E-state index is -3.12. The third kappa shape index (κ3) is 4.07. The van der Waals surface area contributed by atoms with Gasteiger partial charge < -0.3 is 5.32 Å². The Balaban J connectivity index is 1.68. The van der Waals surface area contributed by atoms with Crippen LogP contribution >= 0.6 is 0 Å². The second kappa shape index (κ2) is 6.95. The SMILES string of the molecule is Cc1ccccc1CNC(=O)C1=NN([C@H]2CCS(=O)(=O)C2)C(=O)CC1. The van der Waals surface area contributed by atoms with Crippen molar-refractivity contribution in [2.45, 2.75) is 38.8 Å². The predicted molar refractivity (Wildman–Crippen MR) is 93.6 cm³/mol. The van der Waals surface area contributed by atoms with Crippen LogP contribution < -0.4 is 5.32 Å². The lowest BCUT2D eigenvalue weighted by molar-refractivity contribution is -0.133. The van der Waals surface area contributed by atoms with E-state index in [1.54, 1.807) is 0 Å². The van der Waals surface area contributed by atoms with Crippen LogP contribution in [0.25, 0.3) is 0 Å². The smallest absolute Gasteiger partial charge is 0.267 e. The molecule has 2 aliphatic rings. The van der Waals surface area contributed by atoms with E-state index in [4.69, 9.17) is 0 Å². The maximum atomic E-state index is 12.4. The molecule has 1 fully saturated rings. The van der Waals surface area contributed by atoms with Crippen molar-refractivity contribution < 1.29 is 18.0 Å². The topological polar surface area (TPSA) is 95.9 Å². The maximum Gasteiger partial charge on any atom is 0.267 e. The van der Waals surface area contributed by atoms with Crippen LogP contribution in [-0.2, 0) is 26.0 Å². The molecule has 3 rings (SSSR count). The van der Waals surface area contributed by atoms with Crippen molar-refractivity contribution in [2.24, 2.45) is 5.10 Å². The molecule has 0 aromatic heterocycles. The summed E-state index contributed by atoms with van der Waals surface area (Å²) in [6.45, 7) is 2.36. The van der Waals surface area contributed by atoms with Crippen molar-refractivity contribution in [1.82, 2.24) is 10.3 Å². The summed E-state index contributed by atoms with van der Waals surface area (Å²) in [5, 5.41) is 8.20. The van der Waals surface area contributed by atoms with Crippen molar-refractivity contribution >= 4 is 27.4 Å². The fourth-order valence-corrected chi connectivity index (χ4v) is 4.77. The normalized spacial score (nSPS) is 22.6. The molecule has 0 saturated carbocycles. The lowest BCUT2D eigenvalue weighted by Gasteiger charge is -2.27. The Kier molecular flexibility index (Phi) is 4.89. The van der Waals surface area contributed by atoms with Gasteiger partial charge in [0.2, 0.25) is 5.91 Å². The minimum Gasteiger partial charge on any atom is -0.347 e. The second-order valence-corrected chi connectivity index (χ2v) is 8.68. The van der Waals surface area contributed by atoms with E-state index in [9.17, 15) is 18.0 Å². The number of hydrazone groups is 1. The number of nitrogens with zero attached hydrogens (tertiary/aromatic N) is 2. The Bertz CT molecular complexity index is 832. The molecule has 0 unspecified atom stereocenters. The van der Waals surface area contributed by atoms with Gasteiger partial charge in [-0.05, 0) is 24.5 Å². The Labute approximate surface area is 147 Å². The van der Waals surface area contributed by atoms with E-state index in [0.29, 0.717) is 13.0 Å². The third-order valence-electron chi connectivity index (χ3n) is 4.58. The van der Waals surface area contributed by atoms with Gasteiger partial charge in [-0.2, -0.15) is 5.10 Å². The summed E-state index contributed by atoms with van der Waals surface area (Å²) in [6.07, 6.45) is 0.817. The Morgan fingerprint density at radius 1 is 1.32 bits per heavy atom. The molecule has 7 nitrogen and oxygen atoms in total. The largest absolute Gasteiger partial charge is 0.347 e. The molecule has 0 spiro atoms. The molecule has 1 aromatic rings. The van der Waals surface area contributed by atoms with Gasteiger partial charge >= 0.3 is 0 Å². The Morgan fingerprint density at radius 2 is 2.08 bits per heavy atom. The van der Waals surface area contributed by atoms with Crippen molar-refractivity contribution in [2.75, 3.05) is 11.5 Å². The molecular weight excluding hydrogens is 342 g/mol. The number of sulfone groups is 1. The van der Waals surface area contributed by atoms with Crippen molar-refractivity contribution in [3.63, 3.8) is 0 Å². The van der Waals surface area contributed by atoms with Gasteiger partial charge in [0.05, 0.1) is 17.5 Å². The molecule has 134 valence electrons. The van der Waals surface area contributed by atoms with Gasteiger partial charge in [-0.3, -0.25) is 9.59 Å². The molecule has 0 bridgehead atoms. The average Bonchev–Trinajstić information content (AvgIpc) is 2.94. The number of aryl methyl sites for hydroxylation is 1. The first-order valence-corrected chi connectivity index (χ1v) is 10.1. The predicted octanol–water partition coefficient (Wildman–Crippen LogP) is 0.777. The zero-order valence-electron chi connectivity index (χ0n) is 14.1. The first kappa shape index (κ1) is 17.6. The van der Waals surface area contributed by atoms with Gasteiger partial charge in [0, 0.05) is 19.4 Å². The van der Waals surface area contributed by atoms with Crippen LogP contribution in [0, 0.1) is 6.92 Å². The summed E-state index contributed by atoms with van der Waals surface area (Å²) < 4.78 is 23.3. The standard InChI is InChI=1S/C17H21N3O4S/c1-12-4-2-3-5-13(12)10-18-17(22)15-6-7-16(21)20(19-15)14-8-9-25(23,24)11-14/h2-5,14H,6-11H2,1H3,(H,18,22)/t14-/m0/s1. The number of hydrogen-bond donors (Lipinski definition) is 1. The quantitative estimate of drug-likeness (QED) is 0.855. The van der Waals surface area contributed by atoms with Crippen LogP contribution in [0.2, 0.25) is 0 Å². The van der Waals surface area contributed by atoms with Crippen LogP contribution in [0.15, 0.2) is 29.4 Å². The highest BCUT2D eigenvalue weighted by Gasteiger charge is 2.37. The molecule has 1 N–H and O–H groups in total. The molecule has 2 aliphatic heterocycles. The van der Waals surface area contributed by atoms with Gasteiger partial charge in [0.15, 0.2) is 9.84 Å². The van der Waals surface area contributed by atoms with E-state index in [-0.39, 0.29) is 41.9 Å². The van der Waals surface area contributed by atoms with Crippen LogP contribution in [0.4, 0.5) is 0 Å². The number of nitrogens with one attached hydrogen (secondary N) is 1. The van der Waals surface area contributed by atoms with E-state index in [2.05, 4.69) is 10.4 Å². The van der Waals surface area contributed by atoms with Crippen molar-refractivity contribution in [1.29, 1.82) is 0 Å². The highest BCUT2D eigenvalue weighted by atomic mass is 32.2. The summed E-state index contributed by atoms with van der Waals surface area (Å²) in [6, 6.07) is 7.30. The van der Waals surface area contributed by atoms with Gasteiger partial charge in [-0.25, -0.2) is 13.4 Å². The van der Waals surface area contributed by atoms with Gasteiger partial charge in [-0.1, -0.05) is 24.3 Å². The zero-order valence-corrected chi connectivity index (χ0v) is 14.9. The Morgan fingerprint density at radius 3 is 2.76 bits per heavy atom. The lowest BCUT2D eigenvalue weighted by atomic mass is 10.1. The lowest BCUT2D eigenvalue weighted by Crippen LogP contribution is -2.43. The molecule has 1 aromatic carbocycles. The molecule has 8 heteroatoms. The monoisotopic (exact) mass is 363 g/mol. The number of carbonyl (C=O) groups is 2. The Hall–Kier alpha value is -2.22. The highest BCUT2D eigenvalue weighted by Crippen LogP contribution is 2.22. The molecule has 2 amide bonds. The van der Waals surface area contributed by atoms with Crippen LogP contribution in [-0.4, -0.2) is 48.5 Å². The van der Waals surface area contributed by atoms with Gasteiger partial charge in [-0.15, -0.1) is 0 Å². The fourth-order valence-electron chi connectivity index (χ4n) is 3.07. The van der Waals surface area contributed by atoms with Crippen molar-refractivity contribution in [3.05, 3.63) is 35.4 Å². The zero-order chi connectivity index (χ0) is 18.0. The second-order valence-electron chi connectivity index (χ2n) is 6.45. The van der Waals surface area contributed by atoms with Crippen molar-refractivity contribution in [3.8, 4) is 0 Å². The molecular formula is C17H21N3O4S. The summed E-state index contributed by atoms with van der Waals surface area (Å²) >= 11 is 0. The number of rotatable bonds is 4.